The molecule has 0 aromatic rings. The van der Waals surface area contributed by atoms with E-state index in [9.17, 15) is 9.59 Å². The Kier molecular flexibility index (Phi) is 9.70. The minimum absolute atomic E-state index is 0.0118. The van der Waals surface area contributed by atoms with Crippen molar-refractivity contribution in [1.82, 2.24) is 0 Å². The van der Waals surface area contributed by atoms with E-state index in [1.165, 1.54) is 46.0 Å². The fourth-order valence-corrected chi connectivity index (χ4v) is 9.57. The van der Waals surface area contributed by atoms with E-state index in [0.29, 0.717) is 11.3 Å². The number of ether oxygens (including phenoxy) is 5. The van der Waals surface area contributed by atoms with Crippen LogP contribution >= 0.6 is 0 Å². The van der Waals surface area contributed by atoms with Gasteiger partial charge in [-0.2, -0.15) is 0 Å². The summed E-state index contributed by atoms with van der Waals surface area (Å²) in [7, 11) is 1.79. The van der Waals surface area contributed by atoms with E-state index < -0.39 is 30.4 Å². The molecule has 0 aromatic carbocycles. The van der Waals surface area contributed by atoms with Gasteiger partial charge in [-0.3, -0.25) is 9.59 Å². The topological polar surface area (TPSA) is 80.3 Å². The van der Waals surface area contributed by atoms with Crippen LogP contribution < -0.4 is 0 Å². The molecule has 0 radical (unpaired) electrons. The second-order valence-electron chi connectivity index (χ2n) is 14.0. The molecular weight excluding hydrogens is 532 g/mol. The number of allylic oxidation sites excluding steroid dienone is 2. The lowest BCUT2D eigenvalue weighted by Crippen LogP contribution is -2.51. The highest BCUT2D eigenvalue weighted by Crippen LogP contribution is 2.67. The molecule has 0 N–H and O–H groups in total. The van der Waals surface area contributed by atoms with E-state index in [1.54, 1.807) is 24.3 Å². The van der Waals surface area contributed by atoms with Crippen molar-refractivity contribution in [2.24, 2.45) is 34.5 Å². The Bertz CT molecular complexity index is 1090. The molecule has 10 atom stereocenters. The SMILES string of the molecule is COCC/C=C(\C)[C@H]1CC[C@H]2[C@@H]3CC=C4C[C@@H](OC5C=C[C@H](OC(C)=O)[C@@H](COC(C)=O)O5)CC[C@]4(C)[C@H]3CC[C@]12C. The maximum Gasteiger partial charge on any atom is 0.303 e. The van der Waals surface area contributed by atoms with Gasteiger partial charge in [0.1, 0.15) is 18.8 Å². The number of carbonyl (C=O) groups excluding carboxylic acids is 2. The second-order valence-corrected chi connectivity index (χ2v) is 14.0. The fourth-order valence-electron chi connectivity index (χ4n) is 9.57. The smallest absolute Gasteiger partial charge is 0.303 e. The maximum absolute atomic E-state index is 11.6. The third-order valence-electron chi connectivity index (χ3n) is 11.6. The molecule has 5 rings (SSSR count). The molecule has 5 aliphatic rings. The molecule has 234 valence electrons. The van der Waals surface area contributed by atoms with Crippen molar-refractivity contribution in [2.75, 3.05) is 20.3 Å². The average molecular weight is 585 g/mol. The van der Waals surface area contributed by atoms with Gasteiger partial charge in [0.25, 0.3) is 0 Å². The van der Waals surface area contributed by atoms with Gasteiger partial charge in [0.05, 0.1) is 6.10 Å². The normalized spacial score (nSPS) is 41.3. The van der Waals surface area contributed by atoms with Gasteiger partial charge >= 0.3 is 11.9 Å². The van der Waals surface area contributed by atoms with Gasteiger partial charge in [0, 0.05) is 27.6 Å². The first-order chi connectivity index (χ1) is 20.0. The Morgan fingerprint density at radius 3 is 2.57 bits per heavy atom. The van der Waals surface area contributed by atoms with Crippen LogP contribution in [0.4, 0.5) is 0 Å². The quantitative estimate of drug-likeness (QED) is 0.169. The van der Waals surface area contributed by atoms with Crippen molar-refractivity contribution in [3.05, 3.63) is 35.5 Å². The lowest BCUT2D eigenvalue weighted by Gasteiger charge is -2.58. The van der Waals surface area contributed by atoms with Crippen molar-refractivity contribution in [1.29, 1.82) is 0 Å². The third kappa shape index (κ3) is 6.30. The van der Waals surface area contributed by atoms with Gasteiger partial charge in [-0.1, -0.05) is 37.1 Å². The van der Waals surface area contributed by atoms with Crippen molar-refractivity contribution in [3.8, 4) is 0 Å². The molecule has 0 spiro atoms. The van der Waals surface area contributed by atoms with Crippen LogP contribution in [0.25, 0.3) is 0 Å². The molecule has 3 fully saturated rings. The van der Waals surface area contributed by atoms with E-state index in [1.807, 2.05) is 6.08 Å². The molecule has 1 unspecified atom stereocenters. The lowest BCUT2D eigenvalue weighted by molar-refractivity contribution is -0.213. The van der Waals surface area contributed by atoms with Crippen LogP contribution in [0.1, 0.15) is 92.4 Å². The molecule has 4 aliphatic carbocycles. The van der Waals surface area contributed by atoms with Crippen LogP contribution in [0.2, 0.25) is 0 Å². The van der Waals surface area contributed by atoms with Crippen LogP contribution in [-0.4, -0.2) is 56.9 Å². The van der Waals surface area contributed by atoms with Crippen LogP contribution in [0.5, 0.6) is 0 Å². The predicted octanol–water partition coefficient (Wildman–Crippen LogP) is 6.71. The molecule has 3 saturated carbocycles. The Morgan fingerprint density at radius 1 is 1.02 bits per heavy atom. The number of hydrogen-bond acceptors (Lipinski definition) is 7. The molecule has 42 heavy (non-hydrogen) atoms. The number of fused-ring (bicyclic) bond motifs is 5. The van der Waals surface area contributed by atoms with Crippen molar-refractivity contribution in [2.45, 2.75) is 117 Å². The summed E-state index contributed by atoms with van der Waals surface area (Å²) in [5.74, 6) is 2.23. The first-order valence-corrected chi connectivity index (χ1v) is 16.2. The van der Waals surface area contributed by atoms with Crippen LogP contribution in [0.15, 0.2) is 35.5 Å². The van der Waals surface area contributed by atoms with E-state index in [2.05, 4.69) is 32.9 Å². The van der Waals surface area contributed by atoms with Gasteiger partial charge in [0.15, 0.2) is 6.29 Å². The van der Waals surface area contributed by atoms with E-state index in [4.69, 9.17) is 23.7 Å². The van der Waals surface area contributed by atoms with Gasteiger partial charge in [-0.05, 0) is 111 Å². The Balaban J connectivity index is 1.23. The molecular formula is C35H52O7. The number of esters is 2. The standard InChI is InChI=1S/C35H52O7/c1-22(8-7-19-38-6)28-11-12-29-27-10-9-25-20-26(15-17-34(25,4)30(27)16-18-35(28,29)5)41-33-14-13-31(40-24(3)37)32(42-33)21-39-23(2)36/h8-9,13-14,26-33H,7,10-12,15-21H2,1-6H3/b22-8+/t26-,27-,28+,29-,30-,31-,32+,33?,34-,35+/m0/s1. The number of hydrogen-bond donors (Lipinski definition) is 0. The first kappa shape index (κ1) is 31.5. The zero-order chi connectivity index (χ0) is 30.1. The minimum atomic E-state index is -0.605. The highest BCUT2D eigenvalue weighted by molar-refractivity contribution is 5.66. The van der Waals surface area contributed by atoms with Crippen molar-refractivity contribution < 1.29 is 33.3 Å². The monoisotopic (exact) mass is 584 g/mol. The Labute approximate surface area is 252 Å². The molecule has 0 amide bonds. The molecule has 1 heterocycles. The zero-order valence-corrected chi connectivity index (χ0v) is 26.6. The van der Waals surface area contributed by atoms with Crippen LogP contribution in [0, 0.1) is 34.5 Å². The summed E-state index contributed by atoms with van der Waals surface area (Å²) in [5.41, 5.74) is 3.81. The summed E-state index contributed by atoms with van der Waals surface area (Å²) in [6.07, 6.45) is 17.5. The highest BCUT2D eigenvalue weighted by Gasteiger charge is 2.58. The third-order valence-corrected chi connectivity index (χ3v) is 11.6. The van der Waals surface area contributed by atoms with Gasteiger partial charge in [-0.25, -0.2) is 0 Å². The lowest BCUT2D eigenvalue weighted by atomic mass is 9.47. The van der Waals surface area contributed by atoms with Gasteiger partial charge in [0.2, 0.25) is 0 Å². The fraction of sp³-hybridized carbons (Fsp3) is 0.771. The van der Waals surface area contributed by atoms with E-state index >= 15 is 0 Å². The summed E-state index contributed by atoms with van der Waals surface area (Å²) in [5, 5.41) is 0. The minimum Gasteiger partial charge on any atom is -0.463 e. The molecule has 1 aliphatic heterocycles. The summed E-state index contributed by atoms with van der Waals surface area (Å²) in [4.78, 5) is 23.0. The Morgan fingerprint density at radius 2 is 1.83 bits per heavy atom. The summed E-state index contributed by atoms with van der Waals surface area (Å²) >= 11 is 0. The average Bonchev–Trinajstić information content (AvgIpc) is 3.30. The van der Waals surface area contributed by atoms with Crippen molar-refractivity contribution >= 4 is 11.9 Å². The maximum atomic E-state index is 11.6. The number of methoxy groups -OCH3 is 1. The van der Waals surface area contributed by atoms with Crippen LogP contribution in [-0.2, 0) is 33.3 Å². The van der Waals surface area contributed by atoms with Gasteiger partial charge < -0.3 is 23.7 Å². The predicted molar refractivity (Wildman–Crippen MR) is 160 cm³/mol. The summed E-state index contributed by atoms with van der Waals surface area (Å²) in [6, 6.07) is 0. The molecule has 7 nitrogen and oxygen atoms in total. The summed E-state index contributed by atoms with van der Waals surface area (Å²) in [6.45, 7) is 11.0. The first-order valence-electron chi connectivity index (χ1n) is 16.2. The zero-order valence-electron chi connectivity index (χ0n) is 26.6. The van der Waals surface area contributed by atoms with Crippen molar-refractivity contribution in [3.63, 3.8) is 0 Å². The largest absolute Gasteiger partial charge is 0.463 e. The highest BCUT2D eigenvalue weighted by atomic mass is 16.7. The molecule has 0 saturated heterocycles. The van der Waals surface area contributed by atoms with E-state index in [0.717, 1.165) is 50.0 Å². The molecule has 0 aromatic heterocycles. The summed E-state index contributed by atoms with van der Waals surface area (Å²) < 4.78 is 28.5. The Hall–Kier alpha value is -1.96. The number of carbonyl (C=O) groups is 2. The van der Waals surface area contributed by atoms with Gasteiger partial charge in [-0.15, -0.1) is 0 Å². The molecule has 0 bridgehead atoms. The van der Waals surface area contributed by atoms with E-state index in [-0.39, 0.29) is 18.1 Å². The molecule has 7 heteroatoms. The second kappa shape index (κ2) is 13.0. The number of rotatable bonds is 9. The van der Waals surface area contributed by atoms with Crippen LogP contribution in [0.3, 0.4) is 0 Å².